The minimum absolute atomic E-state index is 0.212. The van der Waals surface area contributed by atoms with Crippen molar-refractivity contribution in [3.8, 4) is 17.0 Å². The van der Waals surface area contributed by atoms with E-state index in [-0.39, 0.29) is 12.7 Å². The van der Waals surface area contributed by atoms with Gasteiger partial charge in [0.25, 0.3) is 0 Å². The minimum Gasteiger partial charge on any atom is -0.497 e. The average Bonchev–Trinajstić information content (AvgIpc) is 3.36. The van der Waals surface area contributed by atoms with Gasteiger partial charge in [0.05, 0.1) is 24.0 Å². The molecule has 2 aromatic heterocycles. The first-order valence-corrected chi connectivity index (χ1v) is 11.3. The zero-order valence-electron chi connectivity index (χ0n) is 17.5. The number of aromatic nitrogens is 2. The summed E-state index contributed by atoms with van der Waals surface area (Å²) in [5.41, 5.74) is 4.52. The molecular formula is C23H26N4O3S. The van der Waals surface area contributed by atoms with Gasteiger partial charge in [-0.1, -0.05) is 6.07 Å². The van der Waals surface area contributed by atoms with Crippen molar-refractivity contribution in [3.05, 3.63) is 59.0 Å². The Kier molecular flexibility index (Phi) is 6.99. The molecule has 4 rings (SSSR count). The molecule has 1 N–H and O–H groups in total. The number of carbonyl (C=O) groups is 1. The van der Waals surface area contributed by atoms with Crippen LogP contribution in [0.2, 0.25) is 0 Å². The van der Waals surface area contributed by atoms with Crippen LogP contribution in [0, 0.1) is 5.92 Å². The standard InChI is InChI=1S/C23H26N4O3S/c1-29-20-7-5-18(6-8-20)21-3-2-4-22(26-21)27-11-9-17(10-12-27)13-24-23(28)30-14-19-15-31-16-25-19/h2-8,15-17H,9-14H2,1H3,(H,24,28). The first-order chi connectivity index (χ1) is 15.2. The van der Waals surface area contributed by atoms with E-state index < -0.39 is 0 Å². The van der Waals surface area contributed by atoms with Crippen molar-refractivity contribution in [2.24, 2.45) is 5.92 Å². The summed E-state index contributed by atoms with van der Waals surface area (Å²) < 4.78 is 10.4. The molecule has 0 bridgehead atoms. The van der Waals surface area contributed by atoms with Crippen LogP contribution in [0.1, 0.15) is 18.5 Å². The van der Waals surface area contributed by atoms with Crippen molar-refractivity contribution in [1.29, 1.82) is 0 Å². The number of anilines is 1. The van der Waals surface area contributed by atoms with Gasteiger partial charge in [-0.3, -0.25) is 0 Å². The fourth-order valence-electron chi connectivity index (χ4n) is 3.62. The number of benzene rings is 1. The zero-order chi connectivity index (χ0) is 21.5. The fourth-order valence-corrected chi connectivity index (χ4v) is 4.16. The number of methoxy groups -OCH3 is 1. The van der Waals surface area contributed by atoms with Crippen molar-refractivity contribution >= 4 is 23.2 Å². The van der Waals surface area contributed by atoms with Gasteiger partial charge in [0, 0.05) is 30.6 Å². The number of nitrogens with zero attached hydrogens (tertiary/aromatic N) is 3. The van der Waals surface area contributed by atoms with E-state index in [0.717, 1.165) is 54.4 Å². The Labute approximate surface area is 186 Å². The molecule has 3 heterocycles. The molecule has 0 spiro atoms. The van der Waals surface area contributed by atoms with Crippen LogP contribution in [-0.4, -0.2) is 42.8 Å². The molecule has 1 aliphatic rings. The predicted octanol–water partition coefficient (Wildman–Crippen LogP) is 4.36. The second-order valence-electron chi connectivity index (χ2n) is 7.48. The van der Waals surface area contributed by atoms with E-state index in [4.69, 9.17) is 14.5 Å². The van der Waals surface area contributed by atoms with Crippen LogP contribution in [0.4, 0.5) is 10.6 Å². The molecule has 1 aliphatic heterocycles. The van der Waals surface area contributed by atoms with Crippen molar-refractivity contribution in [3.63, 3.8) is 0 Å². The van der Waals surface area contributed by atoms with E-state index >= 15 is 0 Å². The molecule has 31 heavy (non-hydrogen) atoms. The quantitative estimate of drug-likeness (QED) is 0.591. The maximum Gasteiger partial charge on any atom is 0.407 e. The number of rotatable bonds is 7. The van der Waals surface area contributed by atoms with Gasteiger partial charge in [-0.15, -0.1) is 11.3 Å². The number of hydrogen-bond acceptors (Lipinski definition) is 7. The second-order valence-corrected chi connectivity index (χ2v) is 8.20. The Morgan fingerprint density at radius 2 is 2.00 bits per heavy atom. The lowest BCUT2D eigenvalue weighted by molar-refractivity contribution is 0.136. The van der Waals surface area contributed by atoms with E-state index in [1.165, 1.54) is 11.3 Å². The van der Waals surface area contributed by atoms with Crippen LogP contribution in [0.5, 0.6) is 5.75 Å². The number of thiazole rings is 1. The summed E-state index contributed by atoms with van der Waals surface area (Å²) in [6, 6.07) is 14.1. The summed E-state index contributed by atoms with van der Waals surface area (Å²) in [5.74, 6) is 2.26. The maximum absolute atomic E-state index is 11.9. The highest BCUT2D eigenvalue weighted by atomic mass is 32.1. The molecule has 0 radical (unpaired) electrons. The molecular weight excluding hydrogens is 412 g/mol. The van der Waals surface area contributed by atoms with Gasteiger partial charge >= 0.3 is 6.09 Å². The topological polar surface area (TPSA) is 76.6 Å². The monoisotopic (exact) mass is 438 g/mol. The van der Waals surface area contributed by atoms with E-state index in [1.807, 2.05) is 41.8 Å². The van der Waals surface area contributed by atoms with Crippen LogP contribution in [0.15, 0.2) is 53.4 Å². The van der Waals surface area contributed by atoms with E-state index in [2.05, 4.69) is 21.3 Å². The highest BCUT2D eigenvalue weighted by molar-refractivity contribution is 7.07. The van der Waals surface area contributed by atoms with Crippen LogP contribution < -0.4 is 15.0 Å². The molecule has 0 saturated carbocycles. The Hall–Kier alpha value is -3.13. The first-order valence-electron chi connectivity index (χ1n) is 10.4. The van der Waals surface area contributed by atoms with Gasteiger partial charge in [-0.05, 0) is 55.2 Å². The Morgan fingerprint density at radius 3 is 2.71 bits per heavy atom. The maximum atomic E-state index is 11.9. The van der Waals surface area contributed by atoms with Gasteiger partial charge < -0.3 is 19.7 Å². The summed E-state index contributed by atoms with van der Waals surface area (Å²) in [5, 5.41) is 4.76. The molecule has 0 aliphatic carbocycles. The lowest BCUT2D eigenvalue weighted by Crippen LogP contribution is -2.39. The number of hydrogen-bond donors (Lipinski definition) is 1. The molecule has 1 amide bonds. The molecule has 8 heteroatoms. The SMILES string of the molecule is COc1ccc(-c2cccc(N3CCC(CNC(=O)OCc4cscn4)CC3)n2)cc1. The number of pyridine rings is 1. The first kappa shape index (κ1) is 21.1. The van der Waals surface area contributed by atoms with Gasteiger partial charge in [-0.2, -0.15) is 0 Å². The molecule has 0 unspecified atom stereocenters. The third kappa shape index (κ3) is 5.73. The number of piperidine rings is 1. The van der Waals surface area contributed by atoms with Crippen LogP contribution in [0.3, 0.4) is 0 Å². The summed E-state index contributed by atoms with van der Waals surface area (Å²) >= 11 is 1.49. The van der Waals surface area contributed by atoms with E-state index in [0.29, 0.717) is 12.5 Å². The predicted molar refractivity (Wildman–Crippen MR) is 121 cm³/mol. The highest BCUT2D eigenvalue weighted by Crippen LogP contribution is 2.26. The van der Waals surface area contributed by atoms with Crippen molar-refractivity contribution in [1.82, 2.24) is 15.3 Å². The number of amides is 1. The van der Waals surface area contributed by atoms with Crippen molar-refractivity contribution < 1.29 is 14.3 Å². The van der Waals surface area contributed by atoms with Crippen LogP contribution in [0.25, 0.3) is 11.3 Å². The van der Waals surface area contributed by atoms with E-state index in [1.54, 1.807) is 12.6 Å². The number of carbonyl (C=O) groups excluding carboxylic acids is 1. The molecule has 3 aromatic rings. The number of nitrogens with one attached hydrogen (secondary N) is 1. The van der Waals surface area contributed by atoms with Gasteiger partial charge in [-0.25, -0.2) is 14.8 Å². The summed E-state index contributed by atoms with van der Waals surface area (Å²) in [6.07, 6.45) is 1.62. The summed E-state index contributed by atoms with van der Waals surface area (Å²) in [4.78, 5) is 23.2. The third-order valence-corrected chi connectivity index (χ3v) is 6.06. The van der Waals surface area contributed by atoms with E-state index in [9.17, 15) is 4.79 Å². The third-order valence-electron chi connectivity index (χ3n) is 5.43. The lowest BCUT2D eigenvalue weighted by atomic mass is 9.97. The minimum atomic E-state index is -0.385. The molecule has 1 aromatic carbocycles. The molecule has 0 atom stereocenters. The normalized spacial score (nSPS) is 14.3. The Balaban J connectivity index is 1.25. The molecule has 7 nitrogen and oxygen atoms in total. The average molecular weight is 439 g/mol. The Morgan fingerprint density at radius 1 is 1.19 bits per heavy atom. The van der Waals surface area contributed by atoms with Crippen molar-refractivity contribution in [2.45, 2.75) is 19.4 Å². The van der Waals surface area contributed by atoms with Gasteiger partial charge in [0.1, 0.15) is 18.2 Å². The molecule has 1 fully saturated rings. The van der Waals surface area contributed by atoms with Crippen LogP contribution >= 0.6 is 11.3 Å². The fraction of sp³-hybridized carbons (Fsp3) is 0.348. The van der Waals surface area contributed by atoms with Crippen molar-refractivity contribution in [2.75, 3.05) is 31.6 Å². The van der Waals surface area contributed by atoms with Gasteiger partial charge in [0.15, 0.2) is 0 Å². The van der Waals surface area contributed by atoms with Gasteiger partial charge in [0.2, 0.25) is 0 Å². The molecule has 162 valence electrons. The second kappa shape index (κ2) is 10.3. The summed E-state index contributed by atoms with van der Waals surface area (Å²) in [7, 11) is 1.67. The molecule has 1 saturated heterocycles. The number of alkyl carbamates (subject to hydrolysis) is 1. The zero-order valence-corrected chi connectivity index (χ0v) is 18.3. The number of ether oxygens (including phenoxy) is 2. The summed E-state index contributed by atoms with van der Waals surface area (Å²) in [6.45, 7) is 2.67. The largest absolute Gasteiger partial charge is 0.497 e. The van der Waals surface area contributed by atoms with Crippen LogP contribution in [-0.2, 0) is 11.3 Å². The smallest absolute Gasteiger partial charge is 0.407 e. The Bertz CT molecular complexity index is 971. The lowest BCUT2D eigenvalue weighted by Gasteiger charge is -2.33. The highest BCUT2D eigenvalue weighted by Gasteiger charge is 2.21.